The quantitative estimate of drug-likeness (QED) is 0.855. The van der Waals surface area contributed by atoms with Crippen LogP contribution in [-0.2, 0) is 13.0 Å². The Labute approximate surface area is 115 Å². The Morgan fingerprint density at radius 1 is 1.25 bits per heavy atom. The van der Waals surface area contributed by atoms with Crippen LogP contribution in [0.15, 0.2) is 30.3 Å². The fourth-order valence-electron chi connectivity index (χ4n) is 2.47. The fraction of sp³-hybridized carbons (Fsp3) is 0.214. The summed E-state index contributed by atoms with van der Waals surface area (Å²) in [4.78, 5) is 13.2. The van der Waals surface area contributed by atoms with Crippen LogP contribution in [0, 0.1) is 0 Å². The van der Waals surface area contributed by atoms with Crippen molar-refractivity contribution in [3.63, 3.8) is 0 Å². The molecular formula is C14H14N4O2. The summed E-state index contributed by atoms with van der Waals surface area (Å²) >= 11 is 0. The summed E-state index contributed by atoms with van der Waals surface area (Å²) in [6.07, 6.45) is 0.862. The molecule has 0 aliphatic carbocycles. The van der Waals surface area contributed by atoms with Crippen LogP contribution in [0.3, 0.4) is 0 Å². The molecule has 0 saturated carbocycles. The van der Waals surface area contributed by atoms with Gasteiger partial charge < -0.3 is 15.7 Å². The molecule has 102 valence electrons. The molecule has 0 atom stereocenters. The number of nitrogens with two attached hydrogens (primary N) is 1. The van der Waals surface area contributed by atoms with E-state index >= 15 is 0 Å². The van der Waals surface area contributed by atoms with Gasteiger partial charge in [-0.2, -0.15) is 0 Å². The average molecular weight is 270 g/mol. The highest BCUT2D eigenvalue weighted by atomic mass is 16.4. The van der Waals surface area contributed by atoms with E-state index in [1.807, 2.05) is 23.1 Å². The van der Waals surface area contributed by atoms with Crippen LogP contribution in [0.1, 0.15) is 21.5 Å². The van der Waals surface area contributed by atoms with Gasteiger partial charge in [0.25, 0.3) is 0 Å². The second kappa shape index (κ2) is 4.80. The molecule has 0 unspecified atom stereocenters. The van der Waals surface area contributed by atoms with Crippen molar-refractivity contribution < 1.29 is 9.90 Å². The van der Waals surface area contributed by atoms with Gasteiger partial charge in [0.15, 0.2) is 5.82 Å². The molecule has 0 fully saturated rings. The Hall–Kier alpha value is -2.63. The van der Waals surface area contributed by atoms with Crippen LogP contribution in [0.25, 0.3) is 0 Å². The number of nitrogen functional groups attached to an aromatic ring is 1. The number of aromatic nitrogens is 2. The smallest absolute Gasteiger partial charge is 0.339 e. The normalized spacial score (nSPS) is 13.9. The van der Waals surface area contributed by atoms with Crippen molar-refractivity contribution >= 4 is 17.6 Å². The summed E-state index contributed by atoms with van der Waals surface area (Å²) in [5, 5.41) is 17.0. The molecule has 3 rings (SSSR count). The van der Waals surface area contributed by atoms with Crippen LogP contribution >= 0.6 is 0 Å². The Morgan fingerprint density at radius 2 is 2.00 bits per heavy atom. The lowest BCUT2D eigenvalue weighted by atomic mass is 9.99. The molecule has 6 nitrogen and oxygen atoms in total. The van der Waals surface area contributed by atoms with E-state index in [0.717, 1.165) is 13.0 Å². The molecule has 6 heteroatoms. The predicted molar refractivity (Wildman–Crippen MR) is 74.6 cm³/mol. The molecular weight excluding hydrogens is 256 g/mol. The van der Waals surface area contributed by atoms with Gasteiger partial charge in [-0.15, -0.1) is 10.2 Å². The van der Waals surface area contributed by atoms with E-state index < -0.39 is 5.97 Å². The summed E-state index contributed by atoms with van der Waals surface area (Å²) in [6.45, 7) is 1.35. The van der Waals surface area contributed by atoms with Gasteiger partial charge in [0.05, 0.1) is 0 Å². The van der Waals surface area contributed by atoms with Crippen molar-refractivity contribution in [2.75, 3.05) is 17.2 Å². The minimum Gasteiger partial charge on any atom is -0.478 e. The molecule has 0 amide bonds. The number of fused-ring (bicyclic) bond motifs is 1. The van der Waals surface area contributed by atoms with Crippen molar-refractivity contribution in [1.29, 1.82) is 0 Å². The van der Waals surface area contributed by atoms with Crippen LogP contribution in [0.4, 0.5) is 11.6 Å². The van der Waals surface area contributed by atoms with Crippen LogP contribution in [0.2, 0.25) is 0 Å². The van der Waals surface area contributed by atoms with E-state index in [2.05, 4.69) is 16.3 Å². The zero-order valence-electron chi connectivity index (χ0n) is 10.8. The van der Waals surface area contributed by atoms with Gasteiger partial charge in [0.1, 0.15) is 11.4 Å². The number of nitrogens with zero attached hydrogens (tertiary/aromatic N) is 3. The molecule has 2 aromatic rings. The van der Waals surface area contributed by atoms with Gasteiger partial charge in [-0.3, -0.25) is 0 Å². The Bertz CT molecular complexity index is 672. The van der Waals surface area contributed by atoms with Gasteiger partial charge >= 0.3 is 5.97 Å². The van der Waals surface area contributed by atoms with Gasteiger partial charge in [-0.05, 0) is 17.5 Å². The Morgan fingerprint density at radius 3 is 2.75 bits per heavy atom. The standard InChI is InChI=1S/C14H14N4O2/c15-12-7-11(14(19)20)13(17-16-12)18-6-5-9-3-1-2-4-10(9)8-18/h1-4,7H,5-6,8H2,(H2,15,16)(H,19,20). The van der Waals surface area contributed by atoms with Crippen molar-refractivity contribution in [1.82, 2.24) is 10.2 Å². The highest BCUT2D eigenvalue weighted by Gasteiger charge is 2.23. The number of aromatic carboxylic acids is 1. The third-order valence-corrected chi connectivity index (χ3v) is 3.45. The SMILES string of the molecule is Nc1cc(C(=O)O)c(N2CCc3ccccc3C2)nn1. The average Bonchev–Trinajstić information content (AvgIpc) is 2.46. The molecule has 1 aromatic heterocycles. The monoisotopic (exact) mass is 270 g/mol. The van der Waals surface area contributed by atoms with Crippen molar-refractivity contribution in [3.05, 3.63) is 47.0 Å². The lowest BCUT2D eigenvalue weighted by Gasteiger charge is -2.30. The fourth-order valence-corrected chi connectivity index (χ4v) is 2.47. The third-order valence-electron chi connectivity index (χ3n) is 3.45. The molecule has 1 aliphatic heterocycles. The number of carbonyl (C=O) groups is 1. The third kappa shape index (κ3) is 2.16. The van der Waals surface area contributed by atoms with E-state index in [9.17, 15) is 9.90 Å². The summed E-state index contributed by atoms with van der Waals surface area (Å²) in [6, 6.07) is 9.49. The van der Waals surface area contributed by atoms with E-state index in [1.165, 1.54) is 17.2 Å². The number of hydrogen-bond acceptors (Lipinski definition) is 5. The summed E-state index contributed by atoms with van der Waals surface area (Å²) in [5.74, 6) is -0.551. The molecule has 2 heterocycles. The van der Waals surface area contributed by atoms with Crippen molar-refractivity contribution in [2.24, 2.45) is 0 Å². The molecule has 1 aromatic carbocycles. The number of carboxylic acid groups (broad SMARTS) is 1. The molecule has 0 saturated heterocycles. The first kappa shape index (κ1) is 12.4. The second-order valence-electron chi connectivity index (χ2n) is 4.75. The maximum absolute atomic E-state index is 11.3. The van der Waals surface area contributed by atoms with Crippen LogP contribution in [-0.4, -0.2) is 27.8 Å². The summed E-state index contributed by atoms with van der Waals surface area (Å²) in [5.41, 5.74) is 8.09. The first-order chi connectivity index (χ1) is 9.65. The minimum atomic E-state index is -1.04. The number of rotatable bonds is 2. The molecule has 3 N–H and O–H groups in total. The van der Waals surface area contributed by atoms with Crippen molar-refractivity contribution in [2.45, 2.75) is 13.0 Å². The number of anilines is 2. The highest BCUT2D eigenvalue weighted by Crippen LogP contribution is 2.25. The zero-order chi connectivity index (χ0) is 14.1. The highest BCUT2D eigenvalue weighted by molar-refractivity contribution is 5.94. The zero-order valence-corrected chi connectivity index (χ0v) is 10.8. The Balaban J connectivity index is 1.97. The van der Waals surface area contributed by atoms with Crippen LogP contribution in [0.5, 0.6) is 0 Å². The van der Waals surface area contributed by atoms with Gasteiger partial charge in [-0.1, -0.05) is 24.3 Å². The number of carboxylic acids is 1. The van der Waals surface area contributed by atoms with E-state index in [0.29, 0.717) is 12.4 Å². The van der Waals surface area contributed by atoms with E-state index in [4.69, 9.17) is 5.73 Å². The first-order valence-corrected chi connectivity index (χ1v) is 6.33. The molecule has 20 heavy (non-hydrogen) atoms. The van der Waals surface area contributed by atoms with E-state index in [1.54, 1.807) is 0 Å². The minimum absolute atomic E-state index is 0.0943. The molecule has 0 bridgehead atoms. The topological polar surface area (TPSA) is 92.3 Å². The summed E-state index contributed by atoms with van der Waals surface area (Å²) in [7, 11) is 0. The number of hydrogen-bond donors (Lipinski definition) is 2. The number of benzene rings is 1. The largest absolute Gasteiger partial charge is 0.478 e. The summed E-state index contributed by atoms with van der Waals surface area (Å²) < 4.78 is 0. The van der Waals surface area contributed by atoms with Crippen molar-refractivity contribution in [3.8, 4) is 0 Å². The molecule has 0 spiro atoms. The van der Waals surface area contributed by atoms with Gasteiger partial charge in [-0.25, -0.2) is 4.79 Å². The lowest BCUT2D eigenvalue weighted by Crippen LogP contribution is -2.32. The predicted octanol–water partition coefficient (Wildman–Crippen LogP) is 1.32. The Kier molecular flexibility index (Phi) is 2.98. The molecule has 0 radical (unpaired) electrons. The second-order valence-corrected chi connectivity index (χ2v) is 4.75. The maximum atomic E-state index is 11.3. The van der Waals surface area contributed by atoms with Gasteiger partial charge in [0, 0.05) is 19.2 Å². The maximum Gasteiger partial charge on any atom is 0.339 e. The van der Waals surface area contributed by atoms with Gasteiger partial charge in [0.2, 0.25) is 0 Å². The molecule has 1 aliphatic rings. The van der Waals surface area contributed by atoms with Crippen LogP contribution < -0.4 is 10.6 Å². The first-order valence-electron chi connectivity index (χ1n) is 6.33. The van der Waals surface area contributed by atoms with E-state index in [-0.39, 0.29) is 11.4 Å². The lowest BCUT2D eigenvalue weighted by molar-refractivity contribution is 0.0697.